The van der Waals surface area contributed by atoms with Gasteiger partial charge < -0.3 is 5.32 Å². The molecule has 1 rings (SSSR count). The van der Waals surface area contributed by atoms with E-state index in [9.17, 15) is 4.79 Å². The van der Waals surface area contributed by atoms with E-state index in [0.717, 1.165) is 5.69 Å². The van der Waals surface area contributed by atoms with Crippen molar-refractivity contribution in [3.05, 3.63) is 17.5 Å². The van der Waals surface area contributed by atoms with Crippen LogP contribution in [0.3, 0.4) is 0 Å². The smallest absolute Gasteiger partial charge is 0.254 e. The molecule has 1 aromatic rings. The van der Waals surface area contributed by atoms with Crippen molar-refractivity contribution in [1.29, 1.82) is 0 Å². The third-order valence-corrected chi connectivity index (χ3v) is 2.62. The van der Waals surface area contributed by atoms with Crippen LogP contribution in [0.15, 0.2) is 6.20 Å². The molecule has 0 bridgehead atoms. The van der Waals surface area contributed by atoms with E-state index >= 15 is 0 Å². The number of aromatic nitrogens is 2. The third kappa shape index (κ3) is 2.81. The van der Waals surface area contributed by atoms with E-state index in [1.807, 2.05) is 20.9 Å². The fourth-order valence-electron chi connectivity index (χ4n) is 1.27. The summed E-state index contributed by atoms with van der Waals surface area (Å²) in [6, 6.07) is 0.178. The highest BCUT2D eigenvalue weighted by Gasteiger charge is 2.16. The van der Waals surface area contributed by atoms with E-state index in [4.69, 9.17) is 0 Å². The third-order valence-electron chi connectivity index (χ3n) is 2.62. The first kappa shape index (κ1) is 11.8. The minimum Gasteiger partial charge on any atom is -0.349 e. The van der Waals surface area contributed by atoms with Gasteiger partial charge in [-0.25, -0.2) is 0 Å². The van der Waals surface area contributed by atoms with E-state index in [1.165, 1.54) is 0 Å². The van der Waals surface area contributed by atoms with Crippen LogP contribution in [-0.4, -0.2) is 21.7 Å². The minimum absolute atomic E-state index is 0.0400. The highest BCUT2D eigenvalue weighted by Crippen LogP contribution is 2.06. The van der Waals surface area contributed by atoms with E-state index in [-0.39, 0.29) is 11.9 Å². The van der Waals surface area contributed by atoms with Gasteiger partial charge in [0, 0.05) is 19.3 Å². The molecule has 1 aromatic heterocycles. The van der Waals surface area contributed by atoms with Crippen LogP contribution < -0.4 is 5.32 Å². The minimum atomic E-state index is -0.0400. The summed E-state index contributed by atoms with van der Waals surface area (Å²) in [7, 11) is 1.82. The molecular formula is C11H19N3O. The number of nitrogens with one attached hydrogen (secondary N) is 1. The van der Waals surface area contributed by atoms with Crippen LogP contribution in [0.25, 0.3) is 0 Å². The zero-order valence-electron chi connectivity index (χ0n) is 10.0. The number of hydrogen-bond donors (Lipinski definition) is 1. The van der Waals surface area contributed by atoms with Gasteiger partial charge >= 0.3 is 0 Å². The first-order chi connectivity index (χ1) is 6.91. The quantitative estimate of drug-likeness (QED) is 0.820. The molecule has 1 heterocycles. The number of amides is 1. The van der Waals surface area contributed by atoms with E-state index in [2.05, 4.69) is 24.3 Å². The number of rotatable bonds is 3. The van der Waals surface area contributed by atoms with Gasteiger partial charge in [0.25, 0.3) is 5.91 Å². The molecule has 0 aliphatic rings. The van der Waals surface area contributed by atoms with Gasteiger partial charge in [0.2, 0.25) is 0 Å². The fraction of sp³-hybridized carbons (Fsp3) is 0.636. The van der Waals surface area contributed by atoms with Crippen molar-refractivity contribution in [2.24, 2.45) is 13.0 Å². The zero-order chi connectivity index (χ0) is 11.6. The van der Waals surface area contributed by atoms with E-state index in [1.54, 1.807) is 10.9 Å². The maximum absolute atomic E-state index is 11.8. The molecule has 84 valence electrons. The lowest BCUT2D eigenvalue weighted by Gasteiger charge is -2.16. The Morgan fingerprint density at radius 1 is 1.47 bits per heavy atom. The molecule has 0 fully saturated rings. The maximum Gasteiger partial charge on any atom is 0.254 e. The molecule has 0 saturated carbocycles. The molecule has 1 amide bonds. The topological polar surface area (TPSA) is 46.9 Å². The standard InChI is InChI=1S/C11H19N3O/c1-7(2)8(3)12-11(15)10-6-14(5)13-9(10)4/h6-8H,1-5H3,(H,12,15)/t8-/m1/s1. The lowest BCUT2D eigenvalue weighted by molar-refractivity contribution is 0.0930. The summed E-state index contributed by atoms with van der Waals surface area (Å²) in [4.78, 5) is 11.8. The van der Waals surface area contributed by atoms with Gasteiger partial charge in [-0.15, -0.1) is 0 Å². The van der Waals surface area contributed by atoms with Crippen molar-refractivity contribution in [3.8, 4) is 0 Å². The zero-order valence-corrected chi connectivity index (χ0v) is 10.0. The average molecular weight is 209 g/mol. The van der Waals surface area contributed by atoms with Crippen molar-refractivity contribution in [2.45, 2.75) is 33.7 Å². The Kier molecular flexibility index (Phi) is 3.50. The second-order valence-electron chi connectivity index (χ2n) is 4.31. The molecule has 0 saturated heterocycles. The molecule has 0 radical (unpaired) electrons. The summed E-state index contributed by atoms with van der Waals surface area (Å²) in [6.07, 6.45) is 1.75. The number of carbonyl (C=O) groups is 1. The summed E-state index contributed by atoms with van der Waals surface area (Å²) in [5, 5.41) is 7.10. The lowest BCUT2D eigenvalue weighted by Crippen LogP contribution is -2.36. The Balaban J connectivity index is 2.73. The molecule has 4 heteroatoms. The van der Waals surface area contributed by atoms with Gasteiger partial charge in [-0.05, 0) is 19.8 Å². The van der Waals surface area contributed by atoms with Crippen LogP contribution >= 0.6 is 0 Å². The molecule has 1 N–H and O–H groups in total. The van der Waals surface area contributed by atoms with Crippen LogP contribution in [0, 0.1) is 12.8 Å². The second-order valence-corrected chi connectivity index (χ2v) is 4.31. The van der Waals surface area contributed by atoms with Crippen LogP contribution in [0.4, 0.5) is 0 Å². The second kappa shape index (κ2) is 4.47. The molecule has 0 aliphatic carbocycles. The van der Waals surface area contributed by atoms with Gasteiger partial charge in [0.1, 0.15) is 0 Å². The Bertz CT molecular complexity index is 355. The van der Waals surface area contributed by atoms with E-state index < -0.39 is 0 Å². The highest BCUT2D eigenvalue weighted by molar-refractivity contribution is 5.95. The van der Waals surface area contributed by atoms with Gasteiger partial charge in [0.05, 0.1) is 11.3 Å². The number of aryl methyl sites for hydroxylation is 2. The lowest BCUT2D eigenvalue weighted by atomic mass is 10.1. The number of hydrogen-bond acceptors (Lipinski definition) is 2. The summed E-state index contributed by atoms with van der Waals surface area (Å²) < 4.78 is 1.66. The summed E-state index contributed by atoms with van der Waals surface area (Å²) in [6.45, 7) is 8.02. The van der Waals surface area contributed by atoms with Crippen LogP contribution in [0.1, 0.15) is 36.8 Å². The SMILES string of the molecule is Cc1nn(C)cc1C(=O)N[C@H](C)C(C)C. The van der Waals surface area contributed by atoms with Crippen molar-refractivity contribution < 1.29 is 4.79 Å². The molecule has 4 nitrogen and oxygen atoms in total. The Hall–Kier alpha value is -1.32. The highest BCUT2D eigenvalue weighted by atomic mass is 16.1. The summed E-state index contributed by atoms with van der Waals surface area (Å²) in [5.41, 5.74) is 1.43. The van der Waals surface area contributed by atoms with Crippen molar-refractivity contribution in [2.75, 3.05) is 0 Å². The van der Waals surface area contributed by atoms with Crippen molar-refractivity contribution in [3.63, 3.8) is 0 Å². The van der Waals surface area contributed by atoms with Crippen LogP contribution in [0.5, 0.6) is 0 Å². The Morgan fingerprint density at radius 3 is 2.47 bits per heavy atom. The van der Waals surface area contributed by atoms with Crippen molar-refractivity contribution in [1.82, 2.24) is 15.1 Å². The largest absolute Gasteiger partial charge is 0.349 e. The normalized spacial score (nSPS) is 12.9. The first-order valence-electron chi connectivity index (χ1n) is 5.23. The Morgan fingerprint density at radius 2 is 2.07 bits per heavy atom. The molecular weight excluding hydrogens is 190 g/mol. The molecule has 1 atom stereocenters. The Labute approximate surface area is 90.7 Å². The first-order valence-corrected chi connectivity index (χ1v) is 5.23. The number of nitrogens with zero attached hydrogens (tertiary/aromatic N) is 2. The summed E-state index contributed by atoms with van der Waals surface area (Å²) >= 11 is 0. The van der Waals surface area contributed by atoms with Crippen LogP contribution in [0.2, 0.25) is 0 Å². The van der Waals surface area contributed by atoms with E-state index in [0.29, 0.717) is 11.5 Å². The summed E-state index contributed by atoms with van der Waals surface area (Å²) in [5.74, 6) is 0.396. The molecule has 0 aliphatic heterocycles. The molecule has 15 heavy (non-hydrogen) atoms. The molecule has 0 unspecified atom stereocenters. The van der Waals surface area contributed by atoms with Gasteiger partial charge in [-0.1, -0.05) is 13.8 Å². The van der Waals surface area contributed by atoms with Crippen LogP contribution in [-0.2, 0) is 7.05 Å². The predicted octanol–water partition coefficient (Wildman–Crippen LogP) is 1.50. The van der Waals surface area contributed by atoms with Gasteiger partial charge in [-0.2, -0.15) is 5.10 Å². The van der Waals surface area contributed by atoms with Gasteiger partial charge in [-0.3, -0.25) is 9.48 Å². The number of carbonyl (C=O) groups excluding carboxylic acids is 1. The monoisotopic (exact) mass is 209 g/mol. The molecule has 0 aromatic carbocycles. The maximum atomic E-state index is 11.8. The average Bonchev–Trinajstić information content (AvgIpc) is 2.44. The fourth-order valence-corrected chi connectivity index (χ4v) is 1.27. The molecule has 0 spiro atoms. The van der Waals surface area contributed by atoms with Gasteiger partial charge in [0.15, 0.2) is 0 Å². The predicted molar refractivity (Wildman–Crippen MR) is 59.7 cm³/mol. The van der Waals surface area contributed by atoms with Crippen molar-refractivity contribution >= 4 is 5.91 Å².